The highest BCUT2D eigenvalue weighted by Crippen LogP contribution is 2.40. The first-order chi connectivity index (χ1) is 16.7. The summed E-state index contributed by atoms with van der Waals surface area (Å²) < 4.78 is 52.0. The van der Waals surface area contributed by atoms with Crippen LogP contribution in [0.5, 0.6) is 11.5 Å². The van der Waals surface area contributed by atoms with E-state index < -0.39 is 11.7 Å². The molecule has 0 atom stereocenters. The number of halogens is 3. The number of methoxy groups -OCH3 is 2. The highest BCUT2D eigenvalue weighted by molar-refractivity contribution is 6.12. The number of alkyl halides is 3. The van der Waals surface area contributed by atoms with Crippen molar-refractivity contribution in [2.75, 3.05) is 37.5 Å². The number of benzene rings is 2. The summed E-state index contributed by atoms with van der Waals surface area (Å²) >= 11 is 0. The van der Waals surface area contributed by atoms with Crippen LogP contribution in [0.1, 0.15) is 43.2 Å². The topological polar surface area (TPSA) is 57.6 Å². The molecule has 8 heteroatoms. The zero-order valence-electron chi connectivity index (χ0n) is 20.0. The van der Waals surface area contributed by atoms with E-state index in [0.29, 0.717) is 41.3 Å². The normalized spacial score (nSPS) is 16.0. The fraction of sp³-hybridized carbons (Fsp3) is 0.370. The lowest BCUT2D eigenvalue weighted by atomic mass is 9.97. The number of nitrogens with one attached hydrogen (secondary N) is 2. The first-order valence-corrected chi connectivity index (χ1v) is 11.7. The molecule has 1 aliphatic heterocycles. The second-order valence-corrected chi connectivity index (χ2v) is 8.78. The van der Waals surface area contributed by atoms with Crippen LogP contribution in [-0.2, 0) is 6.18 Å². The number of hydrogen-bond acceptors (Lipinski definition) is 5. The van der Waals surface area contributed by atoms with E-state index >= 15 is 0 Å². The van der Waals surface area contributed by atoms with Gasteiger partial charge in [-0.15, -0.1) is 0 Å². The molecule has 5 nitrogen and oxygen atoms in total. The monoisotopic (exact) mass is 485 g/mol. The van der Waals surface area contributed by atoms with Crippen LogP contribution in [0.4, 0.5) is 24.5 Å². The molecule has 0 unspecified atom stereocenters. The molecule has 2 aliphatic rings. The average Bonchev–Trinajstić information content (AvgIpc) is 3.55. The largest absolute Gasteiger partial charge is 0.493 e. The third-order valence-electron chi connectivity index (χ3n) is 6.62. The third-order valence-corrected chi connectivity index (χ3v) is 6.62. The van der Waals surface area contributed by atoms with Crippen molar-refractivity contribution in [3.63, 3.8) is 0 Å². The van der Waals surface area contributed by atoms with Gasteiger partial charge in [-0.2, -0.15) is 13.2 Å². The first-order valence-electron chi connectivity index (χ1n) is 11.7. The molecule has 4 rings (SSSR count). The van der Waals surface area contributed by atoms with E-state index in [1.807, 2.05) is 0 Å². The zero-order chi connectivity index (χ0) is 25.2. The van der Waals surface area contributed by atoms with Crippen LogP contribution >= 0.6 is 0 Å². The molecule has 0 spiro atoms. The van der Waals surface area contributed by atoms with Crippen molar-refractivity contribution >= 4 is 17.1 Å². The van der Waals surface area contributed by atoms with Crippen molar-refractivity contribution < 1.29 is 22.6 Å². The van der Waals surface area contributed by atoms with Crippen molar-refractivity contribution in [3.8, 4) is 11.5 Å². The fourth-order valence-electron chi connectivity index (χ4n) is 4.81. The van der Waals surface area contributed by atoms with Crippen LogP contribution in [0.15, 0.2) is 59.8 Å². The molecule has 0 saturated carbocycles. The summed E-state index contributed by atoms with van der Waals surface area (Å²) in [5.41, 5.74) is 2.94. The van der Waals surface area contributed by atoms with Gasteiger partial charge in [0.05, 0.1) is 31.2 Å². The lowest BCUT2D eigenvalue weighted by Crippen LogP contribution is -2.19. The van der Waals surface area contributed by atoms with E-state index in [9.17, 15) is 13.2 Å². The van der Waals surface area contributed by atoms with Gasteiger partial charge < -0.3 is 19.7 Å². The zero-order valence-corrected chi connectivity index (χ0v) is 20.0. The Kier molecular flexibility index (Phi) is 7.10. The molecule has 0 radical (unpaired) electrons. The smallest absolute Gasteiger partial charge is 0.418 e. The van der Waals surface area contributed by atoms with Gasteiger partial charge in [0, 0.05) is 30.0 Å². The van der Waals surface area contributed by atoms with Gasteiger partial charge in [-0.05, 0) is 79.6 Å². The second kappa shape index (κ2) is 10.1. The Morgan fingerprint density at radius 1 is 0.943 bits per heavy atom. The molecular weight excluding hydrogens is 455 g/mol. The van der Waals surface area contributed by atoms with E-state index in [-0.39, 0.29) is 5.69 Å². The number of hydrogen-bond donors (Lipinski definition) is 2. The minimum Gasteiger partial charge on any atom is -0.493 e. The third kappa shape index (κ3) is 5.16. The quantitative estimate of drug-likeness (QED) is 0.404. The predicted octanol–water partition coefficient (Wildman–Crippen LogP) is 6.80. The van der Waals surface area contributed by atoms with E-state index in [2.05, 4.69) is 16.8 Å². The Morgan fingerprint density at radius 3 is 2.29 bits per heavy atom. The Hall–Kier alpha value is -3.42. The van der Waals surface area contributed by atoms with E-state index in [1.165, 1.54) is 13.2 Å². The van der Waals surface area contributed by atoms with E-state index in [4.69, 9.17) is 14.9 Å². The van der Waals surface area contributed by atoms with E-state index in [1.54, 1.807) is 31.4 Å². The fourth-order valence-corrected chi connectivity index (χ4v) is 4.81. The summed E-state index contributed by atoms with van der Waals surface area (Å²) in [5.74, 6) is 1.08. The van der Waals surface area contributed by atoms with E-state index in [0.717, 1.165) is 55.3 Å². The molecule has 1 heterocycles. The molecule has 186 valence electrons. The van der Waals surface area contributed by atoms with Gasteiger partial charge in [-0.1, -0.05) is 6.58 Å². The van der Waals surface area contributed by atoms with Crippen molar-refractivity contribution in [3.05, 3.63) is 70.9 Å². The van der Waals surface area contributed by atoms with Crippen LogP contribution in [-0.4, -0.2) is 33.0 Å². The number of allylic oxidation sites excluding steroid dienone is 2. The maximum Gasteiger partial charge on any atom is 0.418 e. The molecule has 0 bridgehead atoms. The highest BCUT2D eigenvalue weighted by atomic mass is 19.4. The van der Waals surface area contributed by atoms with Crippen LogP contribution in [0.2, 0.25) is 0 Å². The number of rotatable bonds is 8. The van der Waals surface area contributed by atoms with Crippen LogP contribution < -0.4 is 19.7 Å². The average molecular weight is 486 g/mol. The number of nitrogens with zero attached hydrogens (tertiary/aromatic N) is 1. The SMILES string of the molecule is C=C(Nc1cc(N2CCCC2)ccc1C(F)(F)F)C1=C(C(=N)c2ccc(OC)c(OC)c2)CCC1. The number of ether oxygens (including phenoxy) is 2. The second-order valence-electron chi connectivity index (χ2n) is 8.78. The van der Waals surface area contributed by atoms with Gasteiger partial charge in [0.1, 0.15) is 0 Å². The molecule has 2 aromatic rings. The van der Waals surface area contributed by atoms with Crippen LogP contribution in [0.25, 0.3) is 0 Å². The summed E-state index contributed by atoms with van der Waals surface area (Å²) in [5, 5.41) is 11.8. The molecule has 2 N–H and O–H groups in total. The molecule has 0 aromatic heterocycles. The minimum absolute atomic E-state index is 0.0108. The molecule has 2 aromatic carbocycles. The highest BCUT2D eigenvalue weighted by Gasteiger charge is 2.34. The van der Waals surface area contributed by atoms with Gasteiger partial charge in [0.2, 0.25) is 0 Å². The summed E-state index contributed by atoms with van der Waals surface area (Å²) in [7, 11) is 3.08. The summed E-state index contributed by atoms with van der Waals surface area (Å²) in [6, 6.07) is 9.50. The summed E-state index contributed by atoms with van der Waals surface area (Å²) in [6.07, 6.45) is -0.324. The minimum atomic E-state index is -4.49. The van der Waals surface area contributed by atoms with Gasteiger partial charge in [0.15, 0.2) is 11.5 Å². The number of anilines is 2. The maximum absolute atomic E-state index is 13.8. The van der Waals surface area contributed by atoms with Crippen molar-refractivity contribution in [2.24, 2.45) is 0 Å². The lowest BCUT2D eigenvalue weighted by molar-refractivity contribution is -0.136. The predicted molar refractivity (Wildman–Crippen MR) is 133 cm³/mol. The molecule has 1 aliphatic carbocycles. The molecular formula is C27H30F3N3O2. The Morgan fingerprint density at radius 2 is 1.63 bits per heavy atom. The van der Waals surface area contributed by atoms with Gasteiger partial charge in [-0.3, -0.25) is 5.41 Å². The first kappa shape index (κ1) is 24.7. The van der Waals surface area contributed by atoms with Gasteiger partial charge >= 0.3 is 6.18 Å². The molecule has 1 saturated heterocycles. The molecule has 1 fully saturated rings. The summed E-state index contributed by atoms with van der Waals surface area (Å²) in [4.78, 5) is 2.10. The van der Waals surface area contributed by atoms with Gasteiger partial charge in [0.25, 0.3) is 0 Å². The van der Waals surface area contributed by atoms with Gasteiger partial charge in [-0.25, -0.2) is 0 Å². The summed E-state index contributed by atoms with van der Waals surface area (Å²) in [6.45, 7) is 5.75. The van der Waals surface area contributed by atoms with Crippen molar-refractivity contribution in [1.29, 1.82) is 5.41 Å². The standard InChI is InChI=1S/C27H30F3N3O2/c1-17(32-23-16-19(33-13-4-5-14-33)10-11-22(23)27(28,29)30)20-7-6-8-21(20)26(31)18-9-12-24(34-2)25(15-18)35-3/h9-12,15-16,31-32H,1,4-8,13-14H2,2-3H3. The molecule has 35 heavy (non-hydrogen) atoms. The van der Waals surface area contributed by atoms with Crippen molar-refractivity contribution in [2.45, 2.75) is 38.3 Å². The van der Waals surface area contributed by atoms with Crippen molar-refractivity contribution in [1.82, 2.24) is 0 Å². The lowest BCUT2D eigenvalue weighted by Gasteiger charge is -2.23. The van der Waals surface area contributed by atoms with Crippen LogP contribution in [0, 0.1) is 5.41 Å². The Bertz CT molecular complexity index is 1160. The Balaban J connectivity index is 1.64. The maximum atomic E-state index is 13.8. The van der Waals surface area contributed by atoms with Crippen LogP contribution in [0.3, 0.4) is 0 Å². The Labute approximate surface area is 203 Å². The molecule has 0 amide bonds.